The van der Waals surface area contributed by atoms with E-state index in [4.69, 9.17) is 4.74 Å². The lowest BCUT2D eigenvalue weighted by Gasteiger charge is -2.06. The van der Waals surface area contributed by atoms with E-state index in [1.54, 1.807) is 6.92 Å². The number of aromatic nitrogens is 2. The van der Waals surface area contributed by atoms with Gasteiger partial charge in [-0.1, -0.05) is 0 Å². The maximum atomic E-state index is 12.1. The Kier molecular flexibility index (Phi) is 2.69. The first-order valence-corrected chi connectivity index (χ1v) is 3.57. The van der Waals surface area contributed by atoms with Gasteiger partial charge in [0.2, 0.25) is 0 Å². The highest BCUT2D eigenvalue weighted by molar-refractivity contribution is 5.08. The Balaban J connectivity index is 2.92. The van der Waals surface area contributed by atoms with Crippen molar-refractivity contribution in [3.05, 3.63) is 18.0 Å². The molecule has 0 saturated heterocycles. The van der Waals surface area contributed by atoms with Gasteiger partial charge in [-0.3, -0.25) is 0 Å². The van der Waals surface area contributed by atoms with Gasteiger partial charge in [0.25, 0.3) is 0 Å². The number of halogens is 3. The molecule has 13 heavy (non-hydrogen) atoms. The van der Waals surface area contributed by atoms with E-state index >= 15 is 0 Å². The highest BCUT2D eigenvalue weighted by atomic mass is 19.4. The fourth-order valence-corrected chi connectivity index (χ4v) is 0.697. The Labute approximate surface area is 72.6 Å². The minimum Gasteiger partial charge on any atom is -0.464 e. The lowest BCUT2D eigenvalue weighted by Crippen LogP contribution is -2.09. The summed E-state index contributed by atoms with van der Waals surface area (Å²) in [6.07, 6.45) is -3.43. The molecule has 1 rings (SSSR count). The van der Waals surface area contributed by atoms with Gasteiger partial charge in [-0.2, -0.15) is 18.2 Å². The molecule has 0 radical (unpaired) electrons. The van der Waals surface area contributed by atoms with Crippen molar-refractivity contribution in [2.45, 2.75) is 13.1 Å². The summed E-state index contributed by atoms with van der Waals surface area (Å²) < 4.78 is 40.9. The quantitative estimate of drug-likeness (QED) is 0.717. The van der Waals surface area contributed by atoms with Crippen LogP contribution in [0.25, 0.3) is 0 Å². The van der Waals surface area contributed by atoms with Crippen molar-refractivity contribution in [3.63, 3.8) is 0 Å². The van der Waals surface area contributed by atoms with Crippen molar-refractivity contribution < 1.29 is 17.9 Å². The lowest BCUT2D eigenvalue weighted by molar-refractivity contribution is -0.141. The van der Waals surface area contributed by atoms with E-state index in [-0.39, 0.29) is 12.6 Å². The minimum absolute atomic E-state index is 0.237. The third-order valence-electron chi connectivity index (χ3n) is 1.20. The number of hydrogen-bond donors (Lipinski definition) is 0. The molecule has 0 aliphatic heterocycles. The topological polar surface area (TPSA) is 35.0 Å². The molecule has 6 heteroatoms. The molecule has 0 N–H and O–H groups in total. The van der Waals surface area contributed by atoms with E-state index in [1.165, 1.54) is 0 Å². The maximum absolute atomic E-state index is 12.1. The first kappa shape index (κ1) is 9.76. The summed E-state index contributed by atoms with van der Waals surface area (Å²) in [7, 11) is 0. The molecule has 0 aliphatic carbocycles. The van der Waals surface area contributed by atoms with Crippen LogP contribution in [0.3, 0.4) is 0 Å². The average molecular weight is 192 g/mol. The molecule has 0 aliphatic rings. The lowest BCUT2D eigenvalue weighted by atomic mass is 10.4. The van der Waals surface area contributed by atoms with Crippen LogP contribution in [0.2, 0.25) is 0 Å². The maximum Gasteiger partial charge on any atom is 0.433 e. The summed E-state index contributed by atoms with van der Waals surface area (Å²) in [5.41, 5.74) is -0.994. The van der Waals surface area contributed by atoms with Gasteiger partial charge in [0.05, 0.1) is 6.61 Å². The molecule has 1 aromatic rings. The van der Waals surface area contributed by atoms with Crippen LogP contribution in [0.5, 0.6) is 6.01 Å². The Morgan fingerprint density at radius 1 is 1.46 bits per heavy atom. The summed E-state index contributed by atoms with van der Waals surface area (Å²) in [6, 6.07) is 0.542. The molecule has 0 bridgehead atoms. The molecule has 72 valence electrons. The van der Waals surface area contributed by atoms with Crippen molar-refractivity contribution in [1.82, 2.24) is 9.97 Å². The van der Waals surface area contributed by atoms with E-state index in [0.717, 1.165) is 12.3 Å². The van der Waals surface area contributed by atoms with Crippen LogP contribution in [-0.2, 0) is 6.18 Å². The van der Waals surface area contributed by atoms with Gasteiger partial charge in [-0.25, -0.2) is 4.98 Å². The third-order valence-corrected chi connectivity index (χ3v) is 1.20. The third kappa shape index (κ3) is 2.57. The molecule has 0 amide bonds. The van der Waals surface area contributed by atoms with Gasteiger partial charge in [0.1, 0.15) is 0 Å². The smallest absolute Gasteiger partial charge is 0.433 e. The first-order chi connectivity index (χ1) is 6.04. The molecule has 1 aromatic heterocycles. The molecular formula is C7H7F3N2O. The van der Waals surface area contributed by atoms with Crippen molar-refractivity contribution >= 4 is 0 Å². The second-order valence-corrected chi connectivity index (χ2v) is 2.16. The van der Waals surface area contributed by atoms with Crippen LogP contribution >= 0.6 is 0 Å². The molecule has 0 unspecified atom stereocenters. The molecule has 0 aromatic carbocycles. The number of nitrogens with zero attached hydrogens (tertiary/aromatic N) is 2. The highest BCUT2D eigenvalue weighted by Crippen LogP contribution is 2.27. The zero-order valence-corrected chi connectivity index (χ0v) is 6.80. The van der Waals surface area contributed by atoms with Crippen molar-refractivity contribution in [1.29, 1.82) is 0 Å². The van der Waals surface area contributed by atoms with E-state index in [2.05, 4.69) is 9.97 Å². The van der Waals surface area contributed by atoms with Crippen LogP contribution in [0.1, 0.15) is 12.6 Å². The Morgan fingerprint density at radius 2 is 2.15 bits per heavy atom. The van der Waals surface area contributed by atoms with Gasteiger partial charge < -0.3 is 4.74 Å². The summed E-state index contributed by atoms with van der Waals surface area (Å²) in [6.45, 7) is 1.88. The van der Waals surface area contributed by atoms with Gasteiger partial charge >= 0.3 is 12.2 Å². The van der Waals surface area contributed by atoms with Gasteiger partial charge in [0.15, 0.2) is 5.69 Å². The molecular weight excluding hydrogens is 185 g/mol. The van der Waals surface area contributed by atoms with E-state index in [0.29, 0.717) is 0 Å². The monoisotopic (exact) mass is 192 g/mol. The Bertz CT molecular complexity index is 287. The van der Waals surface area contributed by atoms with Gasteiger partial charge in [-0.05, 0) is 13.0 Å². The molecule has 0 atom stereocenters. The second-order valence-electron chi connectivity index (χ2n) is 2.16. The van der Waals surface area contributed by atoms with Crippen LogP contribution in [-0.4, -0.2) is 16.6 Å². The Morgan fingerprint density at radius 3 is 2.69 bits per heavy atom. The number of rotatable bonds is 2. The number of alkyl halides is 3. The van der Waals surface area contributed by atoms with Gasteiger partial charge in [-0.15, -0.1) is 0 Å². The van der Waals surface area contributed by atoms with Crippen LogP contribution in [0, 0.1) is 0 Å². The first-order valence-electron chi connectivity index (χ1n) is 3.57. The predicted molar refractivity (Wildman–Crippen MR) is 38.2 cm³/mol. The van der Waals surface area contributed by atoms with E-state index in [9.17, 15) is 13.2 Å². The average Bonchev–Trinajstić information content (AvgIpc) is 2.04. The van der Waals surface area contributed by atoms with Crippen molar-refractivity contribution in [2.24, 2.45) is 0 Å². The summed E-state index contributed by atoms with van der Waals surface area (Å²) in [5.74, 6) is 0. The van der Waals surface area contributed by atoms with Crippen molar-refractivity contribution in [3.8, 4) is 6.01 Å². The SMILES string of the molecule is CCOc1nccc(C(F)(F)F)n1. The van der Waals surface area contributed by atoms with E-state index in [1.807, 2.05) is 0 Å². The zero-order valence-electron chi connectivity index (χ0n) is 6.80. The normalized spacial score (nSPS) is 11.4. The summed E-state index contributed by atoms with van der Waals surface area (Å²) >= 11 is 0. The standard InChI is InChI=1S/C7H7F3N2O/c1-2-13-6-11-4-3-5(12-6)7(8,9)10/h3-4H,2H2,1H3. The van der Waals surface area contributed by atoms with Crippen LogP contribution < -0.4 is 4.74 Å². The minimum atomic E-state index is -4.45. The highest BCUT2D eigenvalue weighted by Gasteiger charge is 2.32. The molecule has 3 nitrogen and oxygen atoms in total. The van der Waals surface area contributed by atoms with Crippen LogP contribution in [0.4, 0.5) is 13.2 Å². The number of hydrogen-bond acceptors (Lipinski definition) is 3. The number of ether oxygens (including phenoxy) is 1. The van der Waals surface area contributed by atoms with Crippen molar-refractivity contribution in [2.75, 3.05) is 6.61 Å². The largest absolute Gasteiger partial charge is 0.464 e. The fourth-order valence-electron chi connectivity index (χ4n) is 0.697. The molecule has 1 heterocycles. The fraction of sp³-hybridized carbons (Fsp3) is 0.429. The molecule has 0 fully saturated rings. The Hall–Kier alpha value is -1.33. The zero-order chi connectivity index (χ0) is 9.90. The molecule has 0 saturated carbocycles. The van der Waals surface area contributed by atoms with Gasteiger partial charge in [0, 0.05) is 6.20 Å². The van der Waals surface area contributed by atoms with E-state index < -0.39 is 11.9 Å². The molecule has 0 spiro atoms. The predicted octanol–water partition coefficient (Wildman–Crippen LogP) is 1.89. The second kappa shape index (κ2) is 3.59. The summed E-state index contributed by atoms with van der Waals surface area (Å²) in [5, 5.41) is 0. The van der Waals surface area contributed by atoms with Crippen LogP contribution in [0.15, 0.2) is 12.3 Å². The summed E-state index contributed by atoms with van der Waals surface area (Å²) in [4.78, 5) is 6.68.